The molecule has 37 heavy (non-hydrogen) atoms. The molecule has 5 rings (SSSR count). The Morgan fingerprint density at radius 3 is 2.65 bits per heavy atom. The predicted molar refractivity (Wildman–Crippen MR) is 139 cm³/mol. The summed E-state index contributed by atoms with van der Waals surface area (Å²) in [4.78, 5) is 14.3. The van der Waals surface area contributed by atoms with Crippen LogP contribution in [0.15, 0.2) is 77.2 Å². The molecule has 9 nitrogen and oxygen atoms in total. The van der Waals surface area contributed by atoms with Crippen LogP contribution in [-0.2, 0) is 11.3 Å². The van der Waals surface area contributed by atoms with Gasteiger partial charge in [0.05, 0.1) is 37.0 Å². The minimum Gasteiger partial charge on any atom is -0.507 e. The van der Waals surface area contributed by atoms with Gasteiger partial charge >= 0.3 is 0 Å². The van der Waals surface area contributed by atoms with Crippen molar-refractivity contribution in [3.63, 3.8) is 0 Å². The molecule has 1 aliphatic rings. The number of azo groups is 1. The minimum absolute atomic E-state index is 0.0855. The molecule has 0 radical (unpaired) electrons. The lowest BCUT2D eigenvalue weighted by Gasteiger charge is -2.27. The Balaban J connectivity index is 1.23. The zero-order chi connectivity index (χ0) is 25.6. The summed E-state index contributed by atoms with van der Waals surface area (Å²) < 4.78 is 19.5. The molecule has 4 aromatic rings. The van der Waals surface area contributed by atoms with E-state index < -0.39 is 5.82 Å². The zero-order valence-corrected chi connectivity index (χ0v) is 20.4. The number of halogens is 2. The molecule has 2 N–H and O–H groups in total. The van der Waals surface area contributed by atoms with E-state index in [2.05, 4.69) is 30.5 Å². The van der Waals surface area contributed by atoms with E-state index in [1.807, 2.05) is 30.3 Å². The van der Waals surface area contributed by atoms with Crippen LogP contribution in [0.4, 0.5) is 27.5 Å². The standard InChI is InChI=1S/C26H23ClFN7O2/c27-18-11-17(22-3-1-2-4-24(22)36)12-21(13-18)32-20-6-5-19(29-14-20)15-31-34-26-30-16-23(28)25(33-26)35-7-9-37-10-8-35/h1-6,11-14,16,32,36H,7-10,15H2. The van der Waals surface area contributed by atoms with Crippen LogP contribution in [0.25, 0.3) is 11.1 Å². The number of phenols is 1. The molecule has 0 unspecified atom stereocenters. The quantitative estimate of drug-likeness (QED) is 0.292. The highest BCUT2D eigenvalue weighted by Gasteiger charge is 2.17. The molecule has 0 bridgehead atoms. The molecule has 1 saturated heterocycles. The highest BCUT2D eigenvalue weighted by molar-refractivity contribution is 6.31. The maximum absolute atomic E-state index is 14.2. The molecular formula is C26H23ClFN7O2. The van der Waals surface area contributed by atoms with Crippen LogP contribution in [0.2, 0.25) is 5.02 Å². The van der Waals surface area contributed by atoms with Crippen molar-refractivity contribution in [1.82, 2.24) is 15.0 Å². The number of phenolic OH excluding ortho intramolecular Hbond substituents is 1. The highest BCUT2D eigenvalue weighted by atomic mass is 35.5. The van der Waals surface area contributed by atoms with Gasteiger partial charge in [-0.15, -0.1) is 5.11 Å². The monoisotopic (exact) mass is 519 g/mol. The number of aromatic nitrogens is 3. The molecular weight excluding hydrogens is 497 g/mol. The zero-order valence-electron chi connectivity index (χ0n) is 19.7. The first-order valence-corrected chi connectivity index (χ1v) is 12.0. The second kappa shape index (κ2) is 11.3. The SMILES string of the molecule is Oc1ccccc1-c1cc(Cl)cc(Nc2ccc(CN=Nc3ncc(F)c(N4CCOCC4)n3)nc2)c1. The van der Waals surface area contributed by atoms with Crippen LogP contribution in [0.1, 0.15) is 5.69 Å². The number of ether oxygens (including phenoxy) is 1. The van der Waals surface area contributed by atoms with Gasteiger partial charge in [-0.1, -0.05) is 29.8 Å². The third kappa shape index (κ3) is 6.16. The summed E-state index contributed by atoms with van der Waals surface area (Å²) in [5.41, 5.74) is 3.67. The van der Waals surface area contributed by atoms with Crippen LogP contribution >= 0.6 is 11.6 Å². The number of pyridine rings is 1. The summed E-state index contributed by atoms with van der Waals surface area (Å²) >= 11 is 6.31. The second-order valence-corrected chi connectivity index (χ2v) is 8.69. The highest BCUT2D eigenvalue weighted by Crippen LogP contribution is 2.33. The average Bonchev–Trinajstić information content (AvgIpc) is 2.91. The van der Waals surface area contributed by atoms with Crippen molar-refractivity contribution in [2.75, 3.05) is 36.5 Å². The van der Waals surface area contributed by atoms with Gasteiger partial charge < -0.3 is 20.1 Å². The van der Waals surface area contributed by atoms with E-state index in [-0.39, 0.29) is 24.1 Å². The van der Waals surface area contributed by atoms with Gasteiger partial charge in [-0.05, 0) is 42.0 Å². The molecule has 0 aliphatic carbocycles. The normalized spacial score (nSPS) is 13.7. The van der Waals surface area contributed by atoms with Crippen molar-refractivity contribution >= 4 is 34.7 Å². The number of morpholine rings is 1. The predicted octanol–water partition coefficient (Wildman–Crippen LogP) is 5.90. The smallest absolute Gasteiger partial charge is 0.270 e. The molecule has 3 heterocycles. The lowest BCUT2D eigenvalue weighted by Crippen LogP contribution is -2.37. The second-order valence-electron chi connectivity index (χ2n) is 8.25. The van der Waals surface area contributed by atoms with Crippen molar-refractivity contribution in [2.45, 2.75) is 6.54 Å². The number of rotatable bonds is 7. The Labute approximate surface area is 217 Å². The molecule has 0 saturated carbocycles. The largest absolute Gasteiger partial charge is 0.507 e. The van der Waals surface area contributed by atoms with E-state index >= 15 is 0 Å². The Morgan fingerprint density at radius 2 is 1.86 bits per heavy atom. The summed E-state index contributed by atoms with van der Waals surface area (Å²) in [6, 6.07) is 16.3. The van der Waals surface area contributed by atoms with Crippen LogP contribution in [-0.4, -0.2) is 46.4 Å². The number of hydrogen-bond donors (Lipinski definition) is 2. The van der Waals surface area contributed by atoms with Crippen molar-refractivity contribution in [2.24, 2.45) is 10.2 Å². The summed E-state index contributed by atoms with van der Waals surface area (Å²) in [5.74, 6) is -0.0351. The lowest BCUT2D eigenvalue weighted by molar-refractivity contribution is 0.122. The summed E-state index contributed by atoms with van der Waals surface area (Å²) in [5, 5.41) is 22.1. The molecule has 2 aromatic heterocycles. The number of anilines is 3. The fourth-order valence-corrected chi connectivity index (χ4v) is 4.09. The van der Waals surface area contributed by atoms with Gasteiger partial charge in [-0.3, -0.25) is 4.98 Å². The fraction of sp³-hybridized carbons (Fsp3) is 0.192. The van der Waals surface area contributed by atoms with E-state index in [0.717, 1.165) is 23.1 Å². The van der Waals surface area contributed by atoms with Gasteiger partial charge in [0.2, 0.25) is 0 Å². The van der Waals surface area contributed by atoms with Crippen LogP contribution < -0.4 is 10.2 Å². The van der Waals surface area contributed by atoms with Gasteiger partial charge in [0.1, 0.15) is 12.3 Å². The van der Waals surface area contributed by atoms with E-state index in [9.17, 15) is 9.50 Å². The van der Waals surface area contributed by atoms with E-state index in [1.54, 1.807) is 35.4 Å². The fourth-order valence-electron chi connectivity index (χ4n) is 3.86. The van der Waals surface area contributed by atoms with Gasteiger partial charge in [0.25, 0.3) is 5.95 Å². The Bertz CT molecular complexity index is 1410. The third-order valence-electron chi connectivity index (χ3n) is 5.64. The molecule has 1 aliphatic heterocycles. The van der Waals surface area contributed by atoms with Crippen LogP contribution in [0, 0.1) is 5.82 Å². The number of hydrogen-bond acceptors (Lipinski definition) is 9. The molecule has 0 atom stereocenters. The molecule has 1 fully saturated rings. The average molecular weight is 520 g/mol. The van der Waals surface area contributed by atoms with Gasteiger partial charge in [0, 0.05) is 29.4 Å². The van der Waals surface area contributed by atoms with Crippen LogP contribution in [0.5, 0.6) is 5.75 Å². The van der Waals surface area contributed by atoms with Gasteiger partial charge in [-0.25, -0.2) is 9.37 Å². The number of nitrogens with zero attached hydrogens (tertiary/aromatic N) is 6. The maximum atomic E-state index is 14.2. The number of nitrogens with one attached hydrogen (secondary N) is 1. The van der Waals surface area contributed by atoms with Crippen molar-refractivity contribution < 1.29 is 14.2 Å². The first-order chi connectivity index (χ1) is 18.0. The number of para-hydroxylation sites is 1. The van der Waals surface area contributed by atoms with E-state index in [1.165, 1.54) is 0 Å². The first-order valence-electron chi connectivity index (χ1n) is 11.6. The van der Waals surface area contributed by atoms with Gasteiger partial charge in [0.15, 0.2) is 11.6 Å². The van der Waals surface area contributed by atoms with E-state index in [0.29, 0.717) is 42.6 Å². The third-order valence-corrected chi connectivity index (χ3v) is 5.86. The summed E-state index contributed by atoms with van der Waals surface area (Å²) in [6.07, 6.45) is 2.78. The molecule has 11 heteroatoms. The summed E-state index contributed by atoms with van der Waals surface area (Å²) in [7, 11) is 0. The Morgan fingerprint density at radius 1 is 1.03 bits per heavy atom. The molecule has 0 spiro atoms. The number of aromatic hydroxyl groups is 1. The topological polar surface area (TPSA) is 108 Å². The van der Waals surface area contributed by atoms with Crippen molar-refractivity contribution in [3.05, 3.63) is 83.5 Å². The molecule has 188 valence electrons. The molecule has 0 amide bonds. The Kier molecular flexibility index (Phi) is 7.48. The van der Waals surface area contributed by atoms with Crippen LogP contribution in [0.3, 0.4) is 0 Å². The first kappa shape index (κ1) is 24.5. The van der Waals surface area contributed by atoms with Crippen molar-refractivity contribution in [3.8, 4) is 16.9 Å². The Hall–Kier alpha value is -4.15. The minimum atomic E-state index is -0.502. The number of benzene rings is 2. The summed E-state index contributed by atoms with van der Waals surface area (Å²) in [6.45, 7) is 2.36. The van der Waals surface area contributed by atoms with Gasteiger partial charge in [-0.2, -0.15) is 10.1 Å². The van der Waals surface area contributed by atoms with E-state index in [4.69, 9.17) is 16.3 Å². The molecule has 2 aromatic carbocycles. The maximum Gasteiger partial charge on any atom is 0.270 e. The lowest BCUT2D eigenvalue weighted by atomic mass is 10.0. The van der Waals surface area contributed by atoms with Crippen molar-refractivity contribution in [1.29, 1.82) is 0 Å².